The summed E-state index contributed by atoms with van der Waals surface area (Å²) in [6.45, 7) is 4.07. The summed E-state index contributed by atoms with van der Waals surface area (Å²) < 4.78 is 1.90. The Kier molecular flexibility index (Phi) is 2.83. The van der Waals surface area contributed by atoms with Crippen LogP contribution in [0.4, 0.5) is 0 Å². The summed E-state index contributed by atoms with van der Waals surface area (Å²) in [5.41, 5.74) is 5.37. The molecule has 0 N–H and O–H groups in total. The highest BCUT2D eigenvalue weighted by atomic mass is 15.3. The van der Waals surface area contributed by atoms with Crippen molar-refractivity contribution in [1.29, 1.82) is 0 Å². The molecule has 0 unspecified atom stereocenters. The number of aryl methyl sites for hydroxylation is 2. The predicted octanol–water partition coefficient (Wildman–Crippen LogP) is 2.95. The van der Waals surface area contributed by atoms with Gasteiger partial charge in [-0.1, -0.05) is 12.1 Å². The van der Waals surface area contributed by atoms with Crippen LogP contribution in [0.3, 0.4) is 0 Å². The Hall–Kier alpha value is -2.49. The number of aromatic nitrogens is 4. The van der Waals surface area contributed by atoms with Gasteiger partial charge in [0.15, 0.2) is 0 Å². The molecule has 3 aromatic rings. The molecule has 0 amide bonds. The third kappa shape index (κ3) is 2.25. The van der Waals surface area contributed by atoms with E-state index in [4.69, 9.17) is 0 Å². The second-order valence-electron chi connectivity index (χ2n) is 4.53. The van der Waals surface area contributed by atoms with Gasteiger partial charge in [0.25, 0.3) is 0 Å². The van der Waals surface area contributed by atoms with E-state index in [1.165, 1.54) is 11.9 Å². The average Bonchev–Trinajstić information content (AvgIpc) is 2.87. The highest BCUT2D eigenvalue weighted by Gasteiger charge is 2.06. The Morgan fingerprint density at radius 1 is 0.947 bits per heavy atom. The molecule has 0 aliphatic carbocycles. The molecule has 0 radical (unpaired) electrons. The molecule has 3 rings (SSSR count). The Morgan fingerprint density at radius 3 is 2.42 bits per heavy atom. The SMILES string of the molecule is Cc1ccn(-c2cc(-c3cncnc3)ccc2C)n1. The minimum absolute atomic E-state index is 1.01. The van der Waals surface area contributed by atoms with Gasteiger partial charge in [-0.25, -0.2) is 14.6 Å². The minimum Gasteiger partial charge on any atom is -0.244 e. The van der Waals surface area contributed by atoms with Gasteiger partial charge in [0.2, 0.25) is 0 Å². The molecule has 19 heavy (non-hydrogen) atoms. The van der Waals surface area contributed by atoms with Crippen LogP contribution < -0.4 is 0 Å². The third-order valence-electron chi connectivity index (χ3n) is 3.07. The molecule has 0 fully saturated rings. The lowest BCUT2D eigenvalue weighted by Gasteiger charge is -2.09. The van der Waals surface area contributed by atoms with Gasteiger partial charge in [-0.15, -0.1) is 0 Å². The van der Waals surface area contributed by atoms with Gasteiger partial charge in [-0.05, 0) is 37.1 Å². The second-order valence-corrected chi connectivity index (χ2v) is 4.53. The Labute approximate surface area is 111 Å². The van der Waals surface area contributed by atoms with E-state index in [0.717, 1.165) is 22.5 Å². The maximum Gasteiger partial charge on any atom is 0.115 e. The van der Waals surface area contributed by atoms with Crippen LogP contribution in [0, 0.1) is 13.8 Å². The Morgan fingerprint density at radius 2 is 1.74 bits per heavy atom. The fourth-order valence-electron chi connectivity index (χ4n) is 2.03. The van der Waals surface area contributed by atoms with Gasteiger partial charge in [-0.3, -0.25) is 0 Å². The van der Waals surface area contributed by atoms with Crippen molar-refractivity contribution in [2.24, 2.45) is 0 Å². The van der Waals surface area contributed by atoms with Gasteiger partial charge in [0.05, 0.1) is 11.4 Å². The molecule has 0 spiro atoms. The zero-order valence-electron chi connectivity index (χ0n) is 10.9. The van der Waals surface area contributed by atoms with Crippen molar-refractivity contribution < 1.29 is 0 Å². The molecule has 94 valence electrons. The van der Waals surface area contributed by atoms with Crippen LogP contribution in [0.2, 0.25) is 0 Å². The summed E-state index contributed by atoms with van der Waals surface area (Å²) in [5, 5.41) is 4.46. The zero-order chi connectivity index (χ0) is 13.2. The van der Waals surface area contributed by atoms with Gasteiger partial charge in [0, 0.05) is 24.2 Å². The first-order valence-electron chi connectivity index (χ1n) is 6.13. The van der Waals surface area contributed by atoms with E-state index in [9.17, 15) is 0 Å². The summed E-state index contributed by atoms with van der Waals surface area (Å²) in [7, 11) is 0. The molecule has 0 aliphatic heterocycles. The van der Waals surface area contributed by atoms with Crippen molar-refractivity contribution >= 4 is 0 Å². The van der Waals surface area contributed by atoms with Gasteiger partial charge >= 0.3 is 0 Å². The predicted molar refractivity (Wildman–Crippen MR) is 74.1 cm³/mol. The van der Waals surface area contributed by atoms with Gasteiger partial charge in [-0.2, -0.15) is 5.10 Å². The van der Waals surface area contributed by atoms with Crippen molar-refractivity contribution in [1.82, 2.24) is 19.7 Å². The average molecular weight is 250 g/mol. The highest BCUT2D eigenvalue weighted by Crippen LogP contribution is 2.23. The molecule has 4 nitrogen and oxygen atoms in total. The molecule has 2 aromatic heterocycles. The number of benzene rings is 1. The van der Waals surface area contributed by atoms with Crippen molar-refractivity contribution in [3.63, 3.8) is 0 Å². The highest BCUT2D eigenvalue weighted by molar-refractivity contribution is 5.65. The topological polar surface area (TPSA) is 43.6 Å². The molecule has 0 aliphatic rings. The quantitative estimate of drug-likeness (QED) is 0.702. The maximum atomic E-state index is 4.46. The molecular weight excluding hydrogens is 236 g/mol. The smallest absolute Gasteiger partial charge is 0.115 e. The van der Waals surface area contributed by atoms with Crippen LogP contribution >= 0.6 is 0 Å². The van der Waals surface area contributed by atoms with Gasteiger partial charge in [0.1, 0.15) is 6.33 Å². The molecular formula is C15H14N4. The third-order valence-corrected chi connectivity index (χ3v) is 3.07. The molecule has 1 aromatic carbocycles. The standard InChI is InChI=1S/C15H14N4/c1-11-3-4-13(14-8-16-10-17-9-14)7-15(11)19-6-5-12(2)18-19/h3-10H,1-2H3. The van der Waals surface area contributed by atoms with E-state index >= 15 is 0 Å². The van der Waals surface area contributed by atoms with Crippen LogP contribution in [0.15, 0.2) is 49.2 Å². The van der Waals surface area contributed by atoms with Crippen molar-refractivity contribution in [3.8, 4) is 16.8 Å². The van der Waals surface area contributed by atoms with Crippen LogP contribution in [-0.2, 0) is 0 Å². The van der Waals surface area contributed by atoms with E-state index in [0.29, 0.717) is 0 Å². The molecule has 2 heterocycles. The van der Waals surface area contributed by atoms with Gasteiger partial charge < -0.3 is 0 Å². The summed E-state index contributed by atoms with van der Waals surface area (Å²) in [4.78, 5) is 8.11. The summed E-state index contributed by atoms with van der Waals surface area (Å²) in [5.74, 6) is 0. The number of hydrogen-bond donors (Lipinski definition) is 0. The van der Waals surface area contributed by atoms with Crippen LogP contribution in [0.5, 0.6) is 0 Å². The normalized spacial score (nSPS) is 10.6. The lowest BCUT2D eigenvalue weighted by atomic mass is 10.1. The molecule has 0 atom stereocenters. The molecule has 0 bridgehead atoms. The van der Waals surface area contributed by atoms with E-state index in [2.05, 4.69) is 40.2 Å². The Bertz CT molecular complexity index is 701. The number of hydrogen-bond acceptors (Lipinski definition) is 3. The fraction of sp³-hybridized carbons (Fsp3) is 0.133. The van der Waals surface area contributed by atoms with E-state index < -0.39 is 0 Å². The number of rotatable bonds is 2. The first-order valence-corrected chi connectivity index (χ1v) is 6.13. The monoisotopic (exact) mass is 250 g/mol. The minimum atomic E-state index is 1.01. The lowest BCUT2D eigenvalue weighted by Crippen LogP contribution is -1.98. The summed E-state index contributed by atoms with van der Waals surface area (Å²) in [6, 6.07) is 8.28. The van der Waals surface area contributed by atoms with Crippen molar-refractivity contribution in [2.45, 2.75) is 13.8 Å². The summed E-state index contributed by atoms with van der Waals surface area (Å²) in [6.07, 6.45) is 7.14. The van der Waals surface area contributed by atoms with Crippen LogP contribution in [-0.4, -0.2) is 19.7 Å². The first-order chi connectivity index (χ1) is 9.24. The van der Waals surface area contributed by atoms with E-state index in [1.54, 1.807) is 0 Å². The fourth-order valence-corrected chi connectivity index (χ4v) is 2.03. The largest absolute Gasteiger partial charge is 0.244 e. The maximum absolute atomic E-state index is 4.46. The van der Waals surface area contributed by atoms with Crippen LogP contribution in [0.1, 0.15) is 11.3 Å². The molecule has 0 saturated heterocycles. The van der Waals surface area contributed by atoms with E-state index in [-0.39, 0.29) is 0 Å². The first kappa shape index (κ1) is 11.6. The zero-order valence-corrected chi connectivity index (χ0v) is 10.9. The number of nitrogens with zero attached hydrogens (tertiary/aromatic N) is 4. The molecule has 0 saturated carbocycles. The molecule has 4 heteroatoms. The van der Waals surface area contributed by atoms with Crippen LogP contribution in [0.25, 0.3) is 16.8 Å². The summed E-state index contributed by atoms with van der Waals surface area (Å²) >= 11 is 0. The van der Waals surface area contributed by atoms with Crippen molar-refractivity contribution in [2.75, 3.05) is 0 Å². The van der Waals surface area contributed by atoms with Crippen molar-refractivity contribution in [3.05, 3.63) is 60.4 Å². The van der Waals surface area contributed by atoms with E-state index in [1.807, 2.05) is 36.3 Å². The Balaban J connectivity index is 2.11. The second kappa shape index (κ2) is 4.65. The lowest BCUT2D eigenvalue weighted by molar-refractivity contribution is 0.856.